The zero-order chi connectivity index (χ0) is 10.5. The van der Waals surface area contributed by atoms with Crippen molar-refractivity contribution < 1.29 is 4.74 Å². The maximum absolute atomic E-state index is 5.16. The lowest BCUT2D eigenvalue weighted by atomic mass is 10.2. The minimum atomic E-state index is 0.894. The third-order valence-corrected chi connectivity index (χ3v) is 3.77. The van der Waals surface area contributed by atoms with E-state index in [-0.39, 0.29) is 0 Å². The van der Waals surface area contributed by atoms with Gasteiger partial charge in [0.15, 0.2) is 4.34 Å². The van der Waals surface area contributed by atoms with Gasteiger partial charge in [0, 0.05) is 5.75 Å². The molecule has 0 aliphatic heterocycles. The predicted molar refractivity (Wildman–Crippen MR) is 62.5 cm³/mol. The van der Waals surface area contributed by atoms with Crippen molar-refractivity contribution in [3.05, 3.63) is 35.3 Å². The highest BCUT2D eigenvalue weighted by molar-refractivity contribution is 8.00. The van der Waals surface area contributed by atoms with E-state index in [4.69, 9.17) is 4.74 Å². The first-order valence-electron chi connectivity index (χ1n) is 4.40. The second-order valence-corrected chi connectivity index (χ2v) is 4.90. The van der Waals surface area contributed by atoms with Gasteiger partial charge in [-0.2, -0.15) is 0 Å². The molecule has 1 aromatic carbocycles. The number of methoxy groups -OCH3 is 1. The number of benzene rings is 1. The minimum absolute atomic E-state index is 0.894. The van der Waals surface area contributed by atoms with E-state index in [0.29, 0.717) is 0 Å². The molecule has 0 aliphatic carbocycles. The average Bonchev–Trinajstić information content (AvgIpc) is 2.79. The fourth-order valence-electron chi connectivity index (χ4n) is 1.13. The number of nitrogens with zero attached hydrogens (tertiary/aromatic N) is 2. The molecule has 2 aromatic rings. The highest BCUT2D eigenvalue weighted by Crippen LogP contribution is 2.25. The summed E-state index contributed by atoms with van der Waals surface area (Å²) >= 11 is 3.25. The molecule has 0 radical (unpaired) electrons. The van der Waals surface area contributed by atoms with E-state index in [1.165, 1.54) is 5.56 Å². The zero-order valence-corrected chi connectivity index (χ0v) is 9.85. The molecule has 0 atom stereocenters. The van der Waals surface area contributed by atoms with Gasteiger partial charge in [-0.3, -0.25) is 0 Å². The number of aromatic nitrogens is 2. The standard InChI is InChI=1S/C10H10N2OS2/c1-13-9-4-2-3-8(5-9)6-14-10-12-11-7-15-10/h2-5,7H,6H2,1H3. The van der Waals surface area contributed by atoms with Gasteiger partial charge in [-0.1, -0.05) is 35.2 Å². The third-order valence-electron chi connectivity index (χ3n) is 1.84. The Bertz CT molecular complexity index is 417. The molecule has 78 valence electrons. The van der Waals surface area contributed by atoms with Gasteiger partial charge in [0.1, 0.15) is 11.3 Å². The monoisotopic (exact) mass is 238 g/mol. The van der Waals surface area contributed by atoms with Gasteiger partial charge in [0.2, 0.25) is 0 Å². The maximum Gasteiger partial charge on any atom is 0.174 e. The molecule has 0 spiro atoms. The van der Waals surface area contributed by atoms with Crippen LogP contribution in [0.5, 0.6) is 5.75 Å². The molecule has 3 nitrogen and oxygen atoms in total. The molecule has 5 heteroatoms. The van der Waals surface area contributed by atoms with E-state index in [0.717, 1.165) is 15.8 Å². The van der Waals surface area contributed by atoms with Crippen molar-refractivity contribution >= 4 is 23.1 Å². The Balaban J connectivity index is 1.98. The summed E-state index contributed by atoms with van der Waals surface area (Å²) in [6, 6.07) is 8.05. The molecule has 0 fully saturated rings. The van der Waals surface area contributed by atoms with Crippen LogP contribution in [-0.2, 0) is 5.75 Å². The van der Waals surface area contributed by atoms with Crippen molar-refractivity contribution in [2.24, 2.45) is 0 Å². The number of hydrogen-bond acceptors (Lipinski definition) is 5. The largest absolute Gasteiger partial charge is 0.497 e. The van der Waals surface area contributed by atoms with Gasteiger partial charge in [-0.15, -0.1) is 10.2 Å². The van der Waals surface area contributed by atoms with Crippen LogP contribution in [0, 0.1) is 0 Å². The van der Waals surface area contributed by atoms with Crippen LogP contribution in [0.3, 0.4) is 0 Å². The quantitative estimate of drug-likeness (QED) is 0.767. The van der Waals surface area contributed by atoms with Gasteiger partial charge in [-0.05, 0) is 17.7 Å². The van der Waals surface area contributed by atoms with Gasteiger partial charge < -0.3 is 4.74 Å². The summed E-state index contributed by atoms with van der Waals surface area (Å²) in [5.74, 6) is 1.79. The maximum atomic E-state index is 5.16. The predicted octanol–water partition coefficient (Wildman–Crippen LogP) is 2.84. The van der Waals surface area contributed by atoms with Crippen LogP contribution < -0.4 is 4.74 Å². The molecule has 15 heavy (non-hydrogen) atoms. The molecule has 2 rings (SSSR count). The molecule has 1 aromatic heterocycles. The summed E-state index contributed by atoms with van der Waals surface area (Å²) in [5.41, 5.74) is 2.98. The molecular formula is C10H10N2OS2. The Morgan fingerprint density at radius 1 is 1.47 bits per heavy atom. The Morgan fingerprint density at radius 2 is 2.40 bits per heavy atom. The molecule has 0 unspecified atom stereocenters. The topological polar surface area (TPSA) is 35.0 Å². The number of rotatable bonds is 4. The van der Waals surface area contributed by atoms with Crippen LogP contribution in [0.1, 0.15) is 5.56 Å². The molecule has 0 bridgehead atoms. The molecule has 0 N–H and O–H groups in total. The van der Waals surface area contributed by atoms with Crippen LogP contribution in [0.4, 0.5) is 0 Å². The highest BCUT2D eigenvalue weighted by atomic mass is 32.2. The summed E-state index contributed by atoms with van der Waals surface area (Å²) in [4.78, 5) is 0. The number of hydrogen-bond donors (Lipinski definition) is 0. The normalized spacial score (nSPS) is 10.2. The van der Waals surface area contributed by atoms with Crippen molar-refractivity contribution in [3.63, 3.8) is 0 Å². The summed E-state index contributed by atoms with van der Waals surface area (Å²) in [6.07, 6.45) is 0. The lowest BCUT2D eigenvalue weighted by Gasteiger charge is -2.02. The SMILES string of the molecule is COc1cccc(CSc2nncs2)c1. The van der Waals surface area contributed by atoms with Gasteiger partial charge >= 0.3 is 0 Å². The first-order chi connectivity index (χ1) is 7.38. The molecule has 0 saturated carbocycles. The summed E-state index contributed by atoms with van der Waals surface area (Å²) in [7, 11) is 1.68. The summed E-state index contributed by atoms with van der Waals surface area (Å²) in [6.45, 7) is 0. The fourth-order valence-corrected chi connectivity index (χ4v) is 2.56. The fraction of sp³-hybridized carbons (Fsp3) is 0.200. The van der Waals surface area contributed by atoms with Crippen LogP contribution in [0.25, 0.3) is 0 Å². The smallest absolute Gasteiger partial charge is 0.174 e. The highest BCUT2D eigenvalue weighted by Gasteiger charge is 2.00. The Morgan fingerprint density at radius 3 is 3.13 bits per heavy atom. The molecule has 0 amide bonds. The second-order valence-electron chi connectivity index (χ2n) is 2.84. The summed E-state index contributed by atoms with van der Waals surface area (Å²) in [5, 5.41) is 7.77. The van der Waals surface area contributed by atoms with E-state index < -0.39 is 0 Å². The lowest BCUT2D eigenvalue weighted by Crippen LogP contribution is -1.85. The van der Waals surface area contributed by atoms with Gasteiger partial charge in [-0.25, -0.2) is 0 Å². The van der Waals surface area contributed by atoms with Crippen molar-refractivity contribution in [2.75, 3.05) is 7.11 Å². The first kappa shape index (κ1) is 10.4. The van der Waals surface area contributed by atoms with E-state index >= 15 is 0 Å². The van der Waals surface area contributed by atoms with Crippen LogP contribution in [0.15, 0.2) is 34.1 Å². The van der Waals surface area contributed by atoms with Crippen LogP contribution in [-0.4, -0.2) is 17.3 Å². The zero-order valence-electron chi connectivity index (χ0n) is 8.21. The van der Waals surface area contributed by atoms with Crippen molar-refractivity contribution in [3.8, 4) is 5.75 Å². The van der Waals surface area contributed by atoms with Crippen LogP contribution in [0.2, 0.25) is 0 Å². The Labute approximate surface area is 96.5 Å². The third kappa shape index (κ3) is 2.94. The van der Waals surface area contributed by atoms with Gasteiger partial charge in [0.25, 0.3) is 0 Å². The Kier molecular flexibility index (Phi) is 3.58. The van der Waals surface area contributed by atoms with E-state index in [1.807, 2.05) is 18.2 Å². The molecular weight excluding hydrogens is 228 g/mol. The van der Waals surface area contributed by atoms with Crippen molar-refractivity contribution in [2.45, 2.75) is 10.1 Å². The van der Waals surface area contributed by atoms with E-state index in [1.54, 1.807) is 35.7 Å². The summed E-state index contributed by atoms with van der Waals surface area (Å²) < 4.78 is 6.16. The first-order valence-corrected chi connectivity index (χ1v) is 6.27. The Hall–Kier alpha value is -1.07. The van der Waals surface area contributed by atoms with Crippen molar-refractivity contribution in [1.82, 2.24) is 10.2 Å². The minimum Gasteiger partial charge on any atom is -0.497 e. The molecule has 0 saturated heterocycles. The molecule has 1 heterocycles. The molecule has 0 aliphatic rings. The number of thioether (sulfide) groups is 1. The number of ether oxygens (including phenoxy) is 1. The van der Waals surface area contributed by atoms with E-state index in [2.05, 4.69) is 16.3 Å². The van der Waals surface area contributed by atoms with E-state index in [9.17, 15) is 0 Å². The van der Waals surface area contributed by atoms with Gasteiger partial charge in [0.05, 0.1) is 7.11 Å². The van der Waals surface area contributed by atoms with Crippen LogP contribution >= 0.6 is 23.1 Å². The lowest BCUT2D eigenvalue weighted by molar-refractivity contribution is 0.414. The average molecular weight is 238 g/mol. The van der Waals surface area contributed by atoms with Crippen molar-refractivity contribution in [1.29, 1.82) is 0 Å². The second kappa shape index (κ2) is 5.14.